The minimum atomic E-state index is -4.38. The third kappa shape index (κ3) is 6.59. The van der Waals surface area contributed by atoms with Crippen LogP contribution in [0.4, 0.5) is 13.2 Å². The second-order valence-corrected chi connectivity index (χ2v) is 9.73. The molecule has 0 bridgehead atoms. The molecule has 2 atom stereocenters. The van der Waals surface area contributed by atoms with Crippen molar-refractivity contribution in [1.82, 2.24) is 10.1 Å². The van der Waals surface area contributed by atoms with Crippen LogP contribution >= 0.6 is 0 Å². The molecule has 0 saturated carbocycles. The summed E-state index contributed by atoms with van der Waals surface area (Å²) in [7, 11) is 0. The Kier molecular flexibility index (Phi) is 8.51. The highest BCUT2D eigenvalue weighted by molar-refractivity contribution is 5.87. The molecule has 0 aliphatic heterocycles. The van der Waals surface area contributed by atoms with Crippen LogP contribution in [0.15, 0.2) is 59.1 Å². The van der Waals surface area contributed by atoms with Gasteiger partial charge in [-0.25, -0.2) is 0 Å². The molecule has 0 amide bonds. The fourth-order valence-electron chi connectivity index (χ4n) is 4.28. The summed E-state index contributed by atoms with van der Waals surface area (Å²) in [5, 5.41) is 4.09. The van der Waals surface area contributed by atoms with Crippen molar-refractivity contribution in [3.8, 4) is 11.4 Å². The Labute approximate surface area is 204 Å². The Morgan fingerprint density at radius 3 is 2.26 bits per heavy atom. The van der Waals surface area contributed by atoms with Crippen molar-refractivity contribution in [1.29, 1.82) is 0 Å². The fraction of sp³-hybridized carbons (Fsp3) is 0.464. The first kappa shape index (κ1) is 26.6. The third-order valence-electron chi connectivity index (χ3n) is 6.90. The number of carbonyl (C=O) groups excluding carboxylic acids is 1. The number of alkyl halides is 3. The third-order valence-corrected chi connectivity index (χ3v) is 6.90. The Bertz CT molecular complexity index is 1090. The highest BCUT2D eigenvalue weighted by Gasteiger charge is 2.42. The molecule has 2 unspecified atom stereocenters. The average Bonchev–Trinajstić information content (AvgIpc) is 3.29. The van der Waals surface area contributed by atoms with Crippen LogP contribution in [0.1, 0.15) is 64.0 Å². The van der Waals surface area contributed by atoms with Gasteiger partial charge >= 0.3 is 6.18 Å². The number of carbonyl (C=O) groups is 1. The molecular weight excluding hydrogens is 453 g/mol. The van der Waals surface area contributed by atoms with Crippen LogP contribution in [0.3, 0.4) is 0 Å². The number of halogens is 3. The Morgan fingerprint density at radius 2 is 1.69 bits per heavy atom. The largest absolute Gasteiger partial charge is 0.416 e. The number of hydrogen-bond acceptors (Lipinski definition) is 4. The predicted molar refractivity (Wildman–Crippen MR) is 130 cm³/mol. The maximum absolute atomic E-state index is 14.0. The van der Waals surface area contributed by atoms with Crippen molar-refractivity contribution in [2.75, 3.05) is 0 Å². The van der Waals surface area contributed by atoms with E-state index in [-0.39, 0.29) is 17.6 Å². The number of aromatic nitrogens is 2. The van der Waals surface area contributed by atoms with Crippen molar-refractivity contribution < 1.29 is 22.5 Å². The molecule has 0 saturated heterocycles. The highest BCUT2D eigenvalue weighted by Crippen LogP contribution is 2.38. The van der Waals surface area contributed by atoms with Gasteiger partial charge in [-0.15, -0.1) is 0 Å². The van der Waals surface area contributed by atoms with Crippen LogP contribution in [0.25, 0.3) is 11.4 Å². The van der Waals surface area contributed by atoms with Crippen molar-refractivity contribution >= 4 is 5.78 Å². The Hall–Kier alpha value is -2.96. The molecule has 3 aromatic rings. The van der Waals surface area contributed by atoms with Crippen LogP contribution in [0, 0.1) is 17.3 Å². The molecule has 1 heterocycles. The predicted octanol–water partition coefficient (Wildman–Crippen LogP) is 7.58. The summed E-state index contributed by atoms with van der Waals surface area (Å²) in [6.45, 7) is 7.99. The number of Topliss-reactive ketones (excluding diaryl/α,β-unsaturated/α-hetero) is 1. The smallest absolute Gasteiger partial charge is 0.339 e. The number of rotatable bonds is 11. The summed E-state index contributed by atoms with van der Waals surface area (Å²) in [5.74, 6) is 0.651. The quantitative estimate of drug-likeness (QED) is 0.280. The van der Waals surface area contributed by atoms with Gasteiger partial charge in [0.05, 0.1) is 5.56 Å². The van der Waals surface area contributed by atoms with E-state index in [1.54, 1.807) is 0 Å². The molecule has 188 valence electrons. The SMILES string of the molecule is CCCCC(Cc1ccc(C(F)(F)F)cc1)C(=O)C(C)(Cc1nc(-c2ccccc2)no1)C(C)C. The molecule has 0 spiro atoms. The van der Waals surface area contributed by atoms with Crippen LogP contribution in [0.5, 0.6) is 0 Å². The zero-order chi connectivity index (χ0) is 25.6. The summed E-state index contributed by atoms with van der Waals surface area (Å²) in [4.78, 5) is 18.5. The number of benzene rings is 2. The monoisotopic (exact) mass is 486 g/mol. The molecule has 4 nitrogen and oxygen atoms in total. The highest BCUT2D eigenvalue weighted by atomic mass is 19.4. The molecule has 0 N–H and O–H groups in total. The van der Waals surface area contributed by atoms with E-state index < -0.39 is 17.2 Å². The zero-order valence-corrected chi connectivity index (χ0v) is 20.7. The molecule has 0 radical (unpaired) electrons. The molecule has 7 heteroatoms. The van der Waals surface area contributed by atoms with Crippen LogP contribution in [-0.2, 0) is 23.8 Å². The summed E-state index contributed by atoms with van der Waals surface area (Å²) < 4.78 is 44.4. The van der Waals surface area contributed by atoms with Crippen molar-refractivity contribution in [2.24, 2.45) is 17.3 Å². The van der Waals surface area contributed by atoms with Gasteiger partial charge in [-0.1, -0.05) is 88.2 Å². The van der Waals surface area contributed by atoms with E-state index in [1.807, 2.05) is 51.1 Å². The van der Waals surface area contributed by atoms with E-state index in [9.17, 15) is 18.0 Å². The lowest BCUT2D eigenvalue weighted by molar-refractivity contribution is -0.137. The first-order valence-corrected chi connectivity index (χ1v) is 12.1. The fourth-order valence-corrected chi connectivity index (χ4v) is 4.28. The van der Waals surface area contributed by atoms with Gasteiger partial charge in [0.15, 0.2) is 0 Å². The number of unbranched alkanes of at least 4 members (excludes halogenated alkanes) is 1. The van der Waals surface area contributed by atoms with Crippen LogP contribution in [-0.4, -0.2) is 15.9 Å². The van der Waals surface area contributed by atoms with E-state index >= 15 is 0 Å². The van der Waals surface area contributed by atoms with Gasteiger partial charge in [0.25, 0.3) is 0 Å². The number of ketones is 1. The minimum absolute atomic E-state index is 0.00110. The lowest BCUT2D eigenvalue weighted by atomic mass is 9.67. The summed E-state index contributed by atoms with van der Waals surface area (Å²) in [5.41, 5.74) is 0.117. The molecule has 0 fully saturated rings. The maximum Gasteiger partial charge on any atom is 0.416 e. The number of nitrogens with zero attached hydrogens (tertiary/aromatic N) is 2. The van der Waals surface area contributed by atoms with Crippen LogP contribution < -0.4 is 0 Å². The lowest BCUT2D eigenvalue weighted by Crippen LogP contribution is -2.40. The van der Waals surface area contributed by atoms with Crippen LogP contribution in [0.2, 0.25) is 0 Å². The standard InChI is InChI=1S/C28H33F3N2O2/c1-5-6-10-22(17-20-13-15-23(16-14-20)28(29,30)31)25(34)27(4,19(2)3)18-24-32-26(33-35-24)21-11-8-7-9-12-21/h7-9,11-16,19,22H,5-6,10,17-18H2,1-4H3. The second kappa shape index (κ2) is 11.2. The van der Waals surface area contributed by atoms with E-state index in [1.165, 1.54) is 12.1 Å². The van der Waals surface area contributed by atoms with Gasteiger partial charge in [0, 0.05) is 23.3 Å². The summed E-state index contributed by atoms with van der Waals surface area (Å²) >= 11 is 0. The summed E-state index contributed by atoms with van der Waals surface area (Å²) in [6, 6.07) is 14.6. The van der Waals surface area contributed by atoms with Crippen molar-refractivity contribution in [2.45, 2.75) is 66.0 Å². The van der Waals surface area contributed by atoms with E-state index in [2.05, 4.69) is 17.1 Å². The van der Waals surface area contributed by atoms with Gasteiger partial charge in [-0.05, 0) is 36.5 Å². The molecule has 2 aromatic carbocycles. The first-order valence-electron chi connectivity index (χ1n) is 12.1. The van der Waals surface area contributed by atoms with Gasteiger partial charge in [-0.2, -0.15) is 18.2 Å². The topological polar surface area (TPSA) is 56.0 Å². The summed E-state index contributed by atoms with van der Waals surface area (Å²) in [6.07, 6.45) is -1.20. The Balaban J connectivity index is 1.83. The van der Waals surface area contributed by atoms with Gasteiger partial charge in [-0.3, -0.25) is 4.79 Å². The molecule has 35 heavy (non-hydrogen) atoms. The maximum atomic E-state index is 14.0. The van der Waals surface area contributed by atoms with Crippen molar-refractivity contribution in [3.05, 3.63) is 71.6 Å². The lowest BCUT2D eigenvalue weighted by Gasteiger charge is -2.34. The molecule has 3 rings (SSSR count). The average molecular weight is 487 g/mol. The molecule has 0 aliphatic rings. The minimum Gasteiger partial charge on any atom is -0.339 e. The van der Waals surface area contributed by atoms with Gasteiger partial charge in [0.2, 0.25) is 11.7 Å². The van der Waals surface area contributed by atoms with E-state index in [0.29, 0.717) is 31.0 Å². The second-order valence-electron chi connectivity index (χ2n) is 9.73. The normalized spacial score (nSPS) is 14.6. The van der Waals surface area contributed by atoms with E-state index in [0.717, 1.165) is 36.1 Å². The van der Waals surface area contributed by atoms with Gasteiger partial charge < -0.3 is 4.52 Å². The molecule has 0 aliphatic carbocycles. The molecule has 1 aromatic heterocycles. The molecular formula is C28H33F3N2O2. The zero-order valence-electron chi connectivity index (χ0n) is 20.7. The number of hydrogen-bond donors (Lipinski definition) is 0. The van der Waals surface area contributed by atoms with E-state index in [4.69, 9.17) is 4.52 Å². The first-order chi connectivity index (χ1) is 16.5. The van der Waals surface area contributed by atoms with Crippen molar-refractivity contribution in [3.63, 3.8) is 0 Å². The Morgan fingerprint density at radius 1 is 1.03 bits per heavy atom. The van der Waals surface area contributed by atoms with Gasteiger partial charge in [0.1, 0.15) is 5.78 Å².